The fourth-order valence-electron chi connectivity index (χ4n) is 1.66. The lowest BCUT2D eigenvalue weighted by Gasteiger charge is -2.04. The van der Waals surface area contributed by atoms with Gasteiger partial charge in [-0.1, -0.05) is 18.2 Å². The predicted molar refractivity (Wildman–Crippen MR) is 70.5 cm³/mol. The molecule has 2 N–H and O–H groups in total. The van der Waals surface area contributed by atoms with Gasteiger partial charge in [-0.3, -0.25) is 4.79 Å². The Balaban J connectivity index is 2.64. The van der Waals surface area contributed by atoms with Crippen LogP contribution < -0.4 is 5.56 Å². The quantitative estimate of drug-likeness (QED) is 0.887. The van der Waals surface area contributed by atoms with Crippen LogP contribution in [0.5, 0.6) is 0 Å². The zero-order valence-corrected chi connectivity index (χ0v) is 10.7. The number of carboxylic acids is 1. The van der Waals surface area contributed by atoms with Gasteiger partial charge in [-0.25, -0.2) is 4.79 Å². The summed E-state index contributed by atoms with van der Waals surface area (Å²) < 4.78 is 24.7. The minimum atomic E-state index is -2.63. The molecule has 102 valence electrons. The zero-order chi connectivity index (χ0) is 14.7. The number of aromatic amines is 1. The number of carbonyl (C=O) groups is 1. The molecule has 0 fully saturated rings. The molecule has 2 rings (SSSR count). The van der Waals surface area contributed by atoms with Gasteiger partial charge in [0.15, 0.2) is 0 Å². The van der Waals surface area contributed by atoms with Gasteiger partial charge in [-0.2, -0.15) is 8.42 Å². The van der Waals surface area contributed by atoms with E-state index in [1.165, 1.54) is 12.1 Å². The molecule has 1 aromatic heterocycles. The maximum absolute atomic E-state index is 11.6. The summed E-state index contributed by atoms with van der Waals surface area (Å²) in [7, 11) is -2.63. The van der Waals surface area contributed by atoms with Gasteiger partial charge in [-0.15, -0.1) is 4.36 Å². The summed E-state index contributed by atoms with van der Waals surface area (Å²) in [5, 5.41) is 8.78. The van der Waals surface area contributed by atoms with Gasteiger partial charge in [0.1, 0.15) is 5.56 Å². The van der Waals surface area contributed by atoms with Crippen molar-refractivity contribution in [3.63, 3.8) is 0 Å². The number of hydrogen-bond acceptors (Lipinski definition) is 5. The molecule has 0 spiro atoms. The summed E-state index contributed by atoms with van der Waals surface area (Å²) in [6, 6.07) is 8.81. The van der Waals surface area contributed by atoms with Gasteiger partial charge in [0.25, 0.3) is 5.56 Å². The number of hydrogen-bond donors (Lipinski definition) is 2. The van der Waals surface area contributed by atoms with Crippen molar-refractivity contribution in [3.8, 4) is 11.3 Å². The lowest BCUT2D eigenvalue weighted by atomic mass is 10.1. The molecule has 1 heterocycles. The third-order valence-electron chi connectivity index (χ3n) is 2.51. The van der Waals surface area contributed by atoms with Gasteiger partial charge in [0, 0.05) is 5.56 Å². The van der Waals surface area contributed by atoms with Crippen molar-refractivity contribution in [2.75, 3.05) is 0 Å². The first-order valence-corrected chi connectivity index (χ1v) is 6.39. The number of pyridine rings is 1. The smallest absolute Gasteiger partial charge is 0.341 e. The highest BCUT2D eigenvalue weighted by molar-refractivity contribution is 7.61. The highest BCUT2D eigenvalue weighted by atomic mass is 32.2. The highest BCUT2D eigenvalue weighted by Gasteiger charge is 2.11. The standard InChI is InChI=1S/C12H8N2O5S/c15-11-8(12(16)17)5-6-9(13-11)7-3-1-2-4-10(7)14-20(18)19/h1-6H,(H,13,15)(H,16,17). The average Bonchev–Trinajstić information content (AvgIpc) is 2.38. The van der Waals surface area contributed by atoms with Crippen molar-refractivity contribution >= 4 is 22.2 Å². The van der Waals surface area contributed by atoms with Crippen LogP contribution in [-0.2, 0) is 10.5 Å². The fourth-order valence-corrected chi connectivity index (χ4v) is 1.98. The lowest BCUT2D eigenvalue weighted by Crippen LogP contribution is -2.17. The maximum atomic E-state index is 11.6. The highest BCUT2D eigenvalue weighted by Crippen LogP contribution is 2.27. The zero-order valence-electron chi connectivity index (χ0n) is 9.90. The third kappa shape index (κ3) is 2.81. The predicted octanol–water partition coefficient (Wildman–Crippen LogP) is 1.43. The summed E-state index contributed by atoms with van der Waals surface area (Å²) in [4.78, 5) is 24.8. The van der Waals surface area contributed by atoms with Crippen LogP contribution in [0.25, 0.3) is 11.3 Å². The molecule has 0 saturated carbocycles. The van der Waals surface area contributed by atoms with Crippen LogP contribution in [0, 0.1) is 0 Å². The number of H-pyrrole nitrogens is 1. The average molecular weight is 292 g/mol. The molecule has 0 aliphatic heterocycles. The minimum Gasteiger partial charge on any atom is -0.477 e. The number of aromatic carboxylic acids is 1. The third-order valence-corrected chi connectivity index (χ3v) is 2.85. The van der Waals surface area contributed by atoms with Gasteiger partial charge in [-0.05, 0) is 18.2 Å². The molecule has 0 unspecified atom stereocenters. The summed E-state index contributed by atoms with van der Waals surface area (Å²) in [6.07, 6.45) is 0. The first-order chi connectivity index (χ1) is 9.49. The Kier molecular flexibility index (Phi) is 3.76. The van der Waals surface area contributed by atoms with Crippen molar-refractivity contribution in [2.45, 2.75) is 0 Å². The second kappa shape index (κ2) is 5.49. The molecule has 0 saturated heterocycles. The van der Waals surface area contributed by atoms with E-state index in [-0.39, 0.29) is 11.4 Å². The van der Waals surface area contributed by atoms with E-state index < -0.39 is 27.6 Å². The Morgan fingerprint density at radius 1 is 1.15 bits per heavy atom. The monoisotopic (exact) mass is 292 g/mol. The van der Waals surface area contributed by atoms with Crippen molar-refractivity contribution in [1.82, 2.24) is 4.98 Å². The van der Waals surface area contributed by atoms with E-state index in [2.05, 4.69) is 9.35 Å². The van der Waals surface area contributed by atoms with Gasteiger partial charge in [0.05, 0.1) is 11.4 Å². The van der Waals surface area contributed by atoms with E-state index >= 15 is 0 Å². The Morgan fingerprint density at radius 2 is 1.85 bits per heavy atom. The van der Waals surface area contributed by atoms with Crippen LogP contribution in [0.1, 0.15) is 10.4 Å². The number of nitrogens with zero attached hydrogens (tertiary/aromatic N) is 1. The first kappa shape index (κ1) is 13.7. The molecule has 0 atom stereocenters. The Morgan fingerprint density at radius 3 is 2.45 bits per heavy atom. The van der Waals surface area contributed by atoms with Crippen molar-refractivity contribution < 1.29 is 18.3 Å². The van der Waals surface area contributed by atoms with Crippen molar-refractivity contribution in [3.05, 3.63) is 52.3 Å². The fraction of sp³-hybridized carbons (Fsp3) is 0. The van der Waals surface area contributed by atoms with Gasteiger partial charge in [0.2, 0.25) is 0 Å². The number of nitrogens with one attached hydrogen (secondary N) is 1. The maximum Gasteiger partial charge on any atom is 0.341 e. The molecule has 8 heteroatoms. The molecule has 20 heavy (non-hydrogen) atoms. The Labute approximate surface area is 114 Å². The summed E-state index contributed by atoms with van der Waals surface area (Å²) in [5.41, 5.74) is -0.348. The van der Waals surface area contributed by atoms with E-state index in [0.29, 0.717) is 5.56 Å². The van der Waals surface area contributed by atoms with Crippen LogP contribution >= 0.6 is 0 Å². The van der Waals surface area contributed by atoms with E-state index in [0.717, 1.165) is 6.07 Å². The summed E-state index contributed by atoms with van der Waals surface area (Å²) in [5.74, 6) is -1.34. The molecule has 0 radical (unpaired) electrons. The molecule has 0 amide bonds. The number of carboxylic acid groups (broad SMARTS) is 1. The van der Waals surface area contributed by atoms with Gasteiger partial charge >= 0.3 is 16.5 Å². The number of rotatable bonds is 3. The summed E-state index contributed by atoms with van der Waals surface area (Å²) in [6.45, 7) is 0. The van der Waals surface area contributed by atoms with Gasteiger partial charge < -0.3 is 10.1 Å². The molecule has 7 nitrogen and oxygen atoms in total. The van der Waals surface area contributed by atoms with Crippen molar-refractivity contribution in [1.29, 1.82) is 0 Å². The van der Waals surface area contributed by atoms with E-state index in [9.17, 15) is 18.0 Å². The normalized spacial score (nSPS) is 10.0. The largest absolute Gasteiger partial charge is 0.477 e. The first-order valence-electron chi connectivity index (χ1n) is 5.36. The van der Waals surface area contributed by atoms with Crippen LogP contribution in [0.15, 0.2) is 45.6 Å². The van der Waals surface area contributed by atoms with Crippen LogP contribution in [0.4, 0.5) is 5.69 Å². The van der Waals surface area contributed by atoms with E-state index in [4.69, 9.17) is 5.11 Å². The minimum absolute atomic E-state index is 0.152. The summed E-state index contributed by atoms with van der Waals surface area (Å²) >= 11 is 0. The second-order valence-electron chi connectivity index (χ2n) is 3.75. The number of aromatic nitrogens is 1. The van der Waals surface area contributed by atoms with Crippen LogP contribution in [0.3, 0.4) is 0 Å². The molecule has 0 aliphatic rings. The SMILES string of the molecule is O=C(O)c1ccc(-c2ccccc2N=S(=O)=O)[nH]c1=O. The topological polar surface area (TPSA) is 117 Å². The second-order valence-corrected chi connectivity index (χ2v) is 4.36. The number of benzene rings is 1. The Bertz CT molecular complexity index is 859. The molecular formula is C12H8N2O5S. The molecule has 0 bridgehead atoms. The Hall–Kier alpha value is -2.74. The van der Waals surface area contributed by atoms with Crippen LogP contribution in [-0.4, -0.2) is 24.5 Å². The van der Waals surface area contributed by atoms with Crippen molar-refractivity contribution in [2.24, 2.45) is 4.36 Å². The van der Waals surface area contributed by atoms with E-state index in [1.54, 1.807) is 18.2 Å². The van der Waals surface area contributed by atoms with Crippen LogP contribution in [0.2, 0.25) is 0 Å². The molecule has 1 aromatic carbocycles. The molecular weight excluding hydrogens is 284 g/mol. The lowest BCUT2D eigenvalue weighted by molar-refractivity contribution is 0.0695. The molecule has 0 aliphatic carbocycles. The van der Waals surface area contributed by atoms with E-state index in [1.807, 2.05) is 0 Å². The molecule has 2 aromatic rings.